The molecule has 3 rings (SSSR count). The van der Waals surface area contributed by atoms with E-state index in [1.54, 1.807) is 12.1 Å². The molecule has 19 heavy (non-hydrogen) atoms. The molecule has 94 valence electrons. The number of fused-ring (bicyclic) bond motifs is 1. The van der Waals surface area contributed by atoms with Gasteiger partial charge in [-0.1, -0.05) is 0 Å². The Balaban J connectivity index is 2.19. The lowest BCUT2D eigenvalue weighted by Crippen LogP contribution is -1.89. The molecular formula is C15H12N2O2. The van der Waals surface area contributed by atoms with Crippen molar-refractivity contribution >= 4 is 11.0 Å². The van der Waals surface area contributed by atoms with Crippen LogP contribution < -0.4 is 0 Å². The highest BCUT2D eigenvalue weighted by atomic mass is 16.3. The van der Waals surface area contributed by atoms with Gasteiger partial charge in [-0.05, 0) is 43.3 Å². The highest BCUT2D eigenvalue weighted by Gasteiger charge is 2.05. The van der Waals surface area contributed by atoms with Crippen molar-refractivity contribution in [3.05, 3.63) is 48.2 Å². The fraction of sp³-hybridized carbons (Fsp3) is 0.0667. The first-order valence-electron chi connectivity index (χ1n) is 5.90. The second-order valence-corrected chi connectivity index (χ2v) is 4.43. The molecule has 2 heterocycles. The fourth-order valence-corrected chi connectivity index (χ4v) is 2.00. The number of hydrogen-bond acceptors (Lipinski definition) is 4. The number of phenols is 2. The van der Waals surface area contributed by atoms with Crippen molar-refractivity contribution in [3.63, 3.8) is 0 Å². The topological polar surface area (TPSA) is 66.2 Å². The van der Waals surface area contributed by atoms with Crippen LogP contribution in [0.1, 0.15) is 5.69 Å². The molecule has 0 fully saturated rings. The van der Waals surface area contributed by atoms with Crippen molar-refractivity contribution in [1.82, 2.24) is 9.97 Å². The van der Waals surface area contributed by atoms with Crippen molar-refractivity contribution < 1.29 is 10.2 Å². The summed E-state index contributed by atoms with van der Waals surface area (Å²) in [6.45, 7) is 1.91. The molecule has 2 N–H and O–H groups in total. The molecule has 0 aliphatic heterocycles. The number of aromatic nitrogens is 2. The normalized spacial score (nSPS) is 10.8. The summed E-state index contributed by atoms with van der Waals surface area (Å²) >= 11 is 0. The van der Waals surface area contributed by atoms with E-state index in [-0.39, 0.29) is 11.5 Å². The first-order chi connectivity index (χ1) is 9.11. The summed E-state index contributed by atoms with van der Waals surface area (Å²) in [6.07, 6.45) is 0. The molecule has 0 aliphatic rings. The van der Waals surface area contributed by atoms with Crippen LogP contribution in [0, 0.1) is 6.92 Å². The van der Waals surface area contributed by atoms with Crippen LogP contribution >= 0.6 is 0 Å². The van der Waals surface area contributed by atoms with E-state index in [4.69, 9.17) is 0 Å². The summed E-state index contributed by atoms with van der Waals surface area (Å²) in [5, 5.41) is 20.0. The minimum Gasteiger partial charge on any atom is -0.508 e. The molecule has 1 aromatic carbocycles. The van der Waals surface area contributed by atoms with Crippen molar-refractivity contribution in [2.45, 2.75) is 6.92 Å². The molecule has 4 nitrogen and oxygen atoms in total. The largest absolute Gasteiger partial charge is 0.508 e. The van der Waals surface area contributed by atoms with Crippen molar-refractivity contribution in [3.8, 4) is 22.8 Å². The summed E-state index contributed by atoms with van der Waals surface area (Å²) in [5.41, 5.74) is 2.87. The molecule has 0 spiro atoms. The second-order valence-electron chi connectivity index (χ2n) is 4.43. The Morgan fingerprint density at radius 1 is 0.842 bits per heavy atom. The molecule has 2 aromatic heterocycles. The van der Waals surface area contributed by atoms with Gasteiger partial charge in [0.15, 0.2) is 5.65 Å². The third-order valence-corrected chi connectivity index (χ3v) is 2.89. The van der Waals surface area contributed by atoms with Crippen LogP contribution in [0.3, 0.4) is 0 Å². The Morgan fingerprint density at radius 2 is 1.53 bits per heavy atom. The maximum Gasteiger partial charge on any atom is 0.160 e. The van der Waals surface area contributed by atoms with E-state index in [2.05, 4.69) is 9.97 Å². The van der Waals surface area contributed by atoms with Gasteiger partial charge in [0.25, 0.3) is 0 Å². The number of hydrogen-bond donors (Lipinski definition) is 2. The SMILES string of the molecule is Cc1ccc2ccc(-c3cc(O)cc(O)c3)nc2n1. The van der Waals surface area contributed by atoms with E-state index in [1.807, 2.05) is 31.2 Å². The maximum absolute atomic E-state index is 9.51. The van der Waals surface area contributed by atoms with Crippen molar-refractivity contribution in [1.29, 1.82) is 0 Å². The van der Waals surface area contributed by atoms with Crippen molar-refractivity contribution in [2.75, 3.05) is 0 Å². The van der Waals surface area contributed by atoms with E-state index in [9.17, 15) is 10.2 Å². The Bertz CT molecular complexity index is 749. The number of benzene rings is 1. The van der Waals surface area contributed by atoms with Gasteiger partial charge in [0, 0.05) is 22.7 Å². The third kappa shape index (κ3) is 2.20. The van der Waals surface area contributed by atoms with Gasteiger partial charge in [0.05, 0.1) is 5.69 Å². The van der Waals surface area contributed by atoms with E-state index in [0.717, 1.165) is 11.1 Å². The Labute approximate surface area is 110 Å². The van der Waals surface area contributed by atoms with E-state index < -0.39 is 0 Å². The van der Waals surface area contributed by atoms with Gasteiger partial charge in [-0.15, -0.1) is 0 Å². The number of aryl methyl sites for hydroxylation is 1. The summed E-state index contributed by atoms with van der Waals surface area (Å²) in [7, 11) is 0. The predicted molar refractivity (Wildman–Crippen MR) is 73.0 cm³/mol. The smallest absolute Gasteiger partial charge is 0.160 e. The zero-order valence-electron chi connectivity index (χ0n) is 10.3. The van der Waals surface area contributed by atoms with Crippen LogP contribution in [0.15, 0.2) is 42.5 Å². The predicted octanol–water partition coefficient (Wildman–Crippen LogP) is 3.02. The highest BCUT2D eigenvalue weighted by molar-refractivity contribution is 5.78. The van der Waals surface area contributed by atoms with Gasteiger partial charge in [0.1, 0.15) is 11.5 Å². The van der Waals surface area contributed by atoms with Gasteiger partial charge < -0.3 is 10.2 Å². The molecule has 0 aliphatic carbocycles. The number of nitrogens with zero attached hydrogens (tertiary/aromatic N) is 2. The van der Waals surface area contributed by atoms with E-state index in [1.165, 1.54) is 6.07 Å². The van der Waals surface area contributed by atoms with Crippen LogP contribution in [-0.4, -0.2) is 20.2 Å². The number of aromatic hydroxyl groups is 2. The average Bonchev–Trinajstić information content (AvgIpc) is 2.36. The standard InChI is InChI=1S/C15H12N2O2/c1-9-2-3-10-4-5-14(17-15(10)16-9)11-6-12(18)8-13(19)7-11/h2-8,18-19H,1H3. The Morgan fingerprint density at radius 3 is 2.26 bits per heavy atom. The van der Waals surface area contributed by atoms with Crippen LogP contribution in [0.5, 0.6) is 11.5 Å². The number of pyridine rings is 2. The molecule has 0 bridgehead atoms. The zero-order valence-corrected chi connectivity index (χ0v) is 10.3. The summed E-state index contributed by atoms with van der Waals surface area (Å²) in [6, 6.07) is 12.1. The van der Waals surface area contributed by atoms with Gasteiger partial charge in [-0.25, -0.2) is 9.97 Å². The minimum absolute atomic E-state index is 0.00842. The highest BCUT2D eigenvalue weighted by Crippen LogP contribution is 2.28. The van der Waals surface area contributed by atoms with Crippen LogP contribution in [0.2, 0.25) is 0 Å². The van der Waals surface area contributed by atoms with Gasteiger partial charge in [-0.2, -0.15) is 0 Å². The monoisotopic (exact) mass is 252 g/mol. The van der Waals surface area contributed by atoms with Crippen LogP contribution in [0.4, 0.5) is 0 Å². The molecular weight excluding hydrogens is 240 g/mol. The molecule has 0 unspecified atom stereocenters. The minimum atomic E-state index is 0.00842. The van der Waals surface area contributed by atoms with E-state index >= 15 is 0 Å². The third-order valence-electron chi connectivity index (χ3n) is 2.89. The molecule has 4 heteroatoms. The molecule has 0 radical (unpaired) electrons. The lowest BCUT2D eigenvalue weighted by Gasteiger charge is -2.05. The number of rotatable bonds is 1. The van der Waals surface area contributed by atoms with Gasteiger partial charge in [-0.3, -0.25) is 0 Å². The molecule has 0 saturated carbocycles. The first kappa shape index (κ1) is 11.5. The quantitative estimate of drug-likeness (QED) is 0.698. The maximum atomic E-state index is 9.51. The lowest BCUT2D eigenvalue weighted by molar-refractivity contribution is 0.451. The fourth-order valence-electron chi connectivity index (χ4n) is 2.00. The lowest BCUT2D eigenvalue weighted by atomic mass is 10.1. The number of phenolic OH excluding ortho intramolecular Hbond substituents is 2. The summed E-state index contributed by atoms with van der Waals surface area (Å²) in [5.74, 6) is 0.0168. The van der Waals surface area contributed by atoms with Crippen LogP contribution in [0.25, 0.3) is 22.3 Å². The van der Waals surface area contributed by atoms with Crippen molar-refractivity contribution in [2.24, 2.45) is 0 Å². The Kier molecular flexibility index (Phi) is 2.56. The molecule has 0 saturated heterocycles. The first-order valence-corrected chi connectivity index (χ1v) is 5.90. The summed E-state index contributed by atoms with van der Waals surface area (Å²) in [4.78, 5) is 8.83. The molecule has 0 atom stereocenters. The van der Waals surface area contributed by atoms with Gasteiger partial charge in [0.2, 0.25) is 0 Å². The Hall–Kier alpha value is -2.62. The molecule has 3 aromatic rings. The zero-order chi connectivity index (χ0) is 13.4. The summed E-state index contributed by atoms with van der Waals surface area (Å²) < 4.78 is 0. The van der Waals surface area contributed by atoms with Crippen LogP contribution in [-0.2, 0) is 0 Å². The second kappa shape index (κ2) is 4.24. The average molecular weight is 252 g/mol. The van der Waals surface area contributed by atoms with Gasteiger partial charge >= 0.3 is 0 Å². The molecule has 0 amide bonds. The van der Waals surface area contributed by atoms with E-state index in [0.29, 0.717) is 16.9 Å².